The fraction of sp³-hybridized carbons (Fsp3) is 0.308. The van der Waals surface area contributed by atoms with E-state index in [4.69, 9.17) is 9.47 Å². The van der Waals surface area contributed by atoms with Crippen LogP contribution >= 0.6 is 0 Å². The molecular weight excluding hydrogens is 591 g/mol. The van der Waals surface area contributed by atoms with Crippen LogP contribution in [0.2, 0.25) is 0 Å². The highest BCUT2D eigenvalue weighted by Gasteiger charge is 2.40. The number of hydrogen-bond acceptors (Lipinski definition) is 7. The Hall–Kier alpha value is -2.62. The number of rotatable bonds is 12. The largest absolute Gasteiger partial charge is 0.486 e. The molecule has 8 nitrogen and oxygen atoms in total. The van der Waals surface area contributed by atoms with Crippen molar-refractivity contribution in [2.75, 3.05) is 13.2 Å². The second kappa shape index (κ2) is 12.9. The van der Waals surface area contributed by atoms with Gasteiger partial charge in [-0.1, -0.05) is 36.4 Å². The maximum absolute atomic E-state index is 12.6. The predicted molar refractivity (Wildman–Crippen MR) is 145 cm³/mol. The van der Waals surface area contributed by atoms with Crippen molar-refractivity contribution in [3.63, 3.8) is 0 Å². The van der Waals surface area contributed by atoms with Gasteiger partial charge in [-0.05, 0) is 69.3 Å². The monoisotopic (exact) mass is 619 g/mol. The van der Waals surface area contributed by atoms with Crippen LogP contribution in [0.25, 0.3) is 4.13 Å². The molecule has 0 amide bonds. The third-order valence-electron chi connectivity index (χ3n) is 4.91. The molecule has 3 aromatic carbocycles. The lowest BCUT2D eigenvalue weighted by Crippen LogP contribution is -2.34. The number of hydrogen-bond donors (Lipinski definition) is 0. The highest BCUT2D eigenvalue weighted by atomic mass is 32.3. The molecule has 0 bridgehead atoms. The van der Waals surface area contributed by atoms with Gasteiger partial charge < -0.3 is 13.6 Å². The average Bonchev–Trinajstić information content (AvgIpc) is 2.86. The van der Waals surface area contributed by atoms with Crippen LogP contribution in [-0.4, -0.2) is 47.3 Å². The summed E-state index contributed by atoms with van der Waals surface area (Å²) < 4.78 is 102. The van der Waals surface area contributed by atoms with Crippen LogP contribution in [0.1, 0.15) is 20.8 Å². The Balaban J connectivity index is 1.79. The molecule has 0 aliphatic carbocycles. The van der Waals surface area contributed by atoms with Gasteiger partial charge in [0.25, 0.3) is 0 Å². The van der Waals surface area contributed by atoms with Crippen molar-refractivity contribution in [2.45, 2.75) is 52.7 Å². The lowest BCUT2D eigenvalue weighted by atomic mass is 10.2. The molecule has 0 radical (unpaired) electrons. The van der Waals surface area contributed by atoms with Crippen molar-refractivity contribution in [1.82, 2.24) is 0 Å². The minimum atomic E-state index is -6.32. The van der Waals surface area contributed by atoms with Crippen molar-refractivity contribution in [2.24, 2.45) is 0 Å². The van der Waals surface area contributed by atoms with Gasteiger partial charge in [0.1, 0.15) is 18.5 Å². The first-order valence-corrected chi connectivity index (χ1v) is 15.8. The molecule has 0 saturated carbocycles. The number of halogens is 3. The first kappa shape index (κ1) is 31.9. The molecule has 218 valence electrons. The summed E-state index contributed by atoms with van der Waals surface area (Å²) in [6.07, 6.45) is -1.13. The molecule has 0 N–H and O–H groups in total. The van der Waals surface area contributed by atoms with Crippen molar-refractivity contribution in [3.05, 3.63) is 89.1 Å². The molecule has 0 aliphatic heterocycles. The summed E-state index contributed by atoms with van der Waals surface area (Å²) in [6.45, 7) is 4.13. The van der Waals surface area contributed by atoms with E-state index in [2.05, 4.69) is 4.18 Å². The normalized spacial score (nSPS) is 13.8. The smallest absolute Gasteiger partial charge is 0.480 e. The molecule has 0 fully saturated rings. The van der Waals surface area contributed by atoms with E-state index >= 15 is 0 Å². The van der Waals surface area contributed by atoms with E-state index in [0.29, 0.717) is 5.75 Å². The number of nitrogens with zero attached hydrogens (tertiary/aromatic N) is 1. The number of sulfonamides is 1. The van der Waals surface area contributed by atoms with Crippen molar-refractivity contribution in [1.29, 1.82) is 0 Å². The van der Waals surface area contributed by atoms with Crippen molar-refractivity contribution >= 4 is 31.2 Å². The standard InChI is InChI=1S/C26H28F3NO7S3/c1-25(2,3)35-18-21(19-36-40(33,34)30-39(31,32)26(27,28)29)37-20-14-16-24(17-15-20)38(22-10-6-4-7-11-22)23-12-8-5-9-13-23/h4-17,21H,18-19H2,1-3H3. The predicted octanol–water partition coefficient (Wildman–Crippen LogP) is 5.83. The van der Waals surface area contributed by atoms with Gasteiger partial charge in [0.05, 0.1) is 23.1 Å². The molecule has 0 saturated heterocycles. The molecule has 0 heterocycles. The van der Waals surface area contributed by atoms with Crippen LogP contribution < -0.4 is 4.74 Å². The molecule has 0 spiro atoms. The van der Waals surface area contributed by atoms with E-state index in [1.165, 1.54) is 0 Å². The Morgan fingerprint density at radius 1 is 0.750 bits per heavy atom. The molecule has 14 heteroatoms. The molecule has 3 aromatic rings. The fourth-order valence-corrected chi connectivity index (χ4v) is 7.05. The van der Waals surface area contributed by atoms with Gasteiger partial charge in [-0.25, -0.2) is 16.8 Å². The zero-order valence-corrected chi connectivity index (χ0v) is 24.2. The molecule has 0 aromatic heterocycles. The van der Waals surface area contributed by atoms with Gasteiger partial charge in [-0.3, -0.25) is 4.18 Å². The van der Waals surface area contributed by atoms with Gasteiger partial charge in [-0.2, -0.15) is 13.2 Å². The topological polar surface area (TPSA) is 110 Å². The second-order valence-electron chi connectivity index (χ2n) is 9.27. The van der Waals surface area contributed by atoms with E-state index in [9.17, 15) is 30.0 Å². The first-order chi connectivity index (χ1) is 18.6. The summed E-state index contributed by atoms with van der Waals surface area (Å²) in [4.78, 5) is 3.16. The van der Waals surface area contributed by atoms with Crippen molar-refractivity contribution in [3.8, 4) is 5.75 Å². The van der Waals surface area contributed by atoms with Crippen LogP contribution in [0, 0.1) is 0 Å². The second-order valence-corrected chi connectivity index (χ2v) is 14.4. The number of benzene rings is 3. The third kappa shape index (κ3) is 9.49. The summed E-state index contributed by atoms with van der Waals surface area (Å²) >= 11 is 0. The van der Waals surface area contributed by atoms with E-state index in [1.54, 1.807) is 32.9 Å². The van der Waals surface area contributed by atoms with E-state index < -0.39 is 55.0 Å². The Kier molecular flexibility index (Phi) is 10.3. The average molecular weight is 620 g/mol. The summed E-state index contributed by atoms with van der Waals surface area (Å²) in [5.74, 6) is 0.303. The van der Waals surface area contributed by atoms with Crippen LogP contribution in [0.4, 0.5) is 13.2 Å². The summed E-state index contributed by atoms with van der Waals surface area (Å²) in [6, 6.07) is 26.8. The first-order valence-electron chi connectivity index (χ1n) is 11.8. The highest BCUT2D eigenvalue weighted by molar-refractivity contribution is 8.10. The van der Waals surface area contributed by atoms with E-state index in [1.807, 2.05) is 76.9 Å². The Morgan fingerprint density at radius 3 is 1.68 bits per heavy atom. The molecule has 1 unspecified atom stereocenters. The van der Waals surface area contributed by atoms with Crippen molar-refractivity contribution < 1.29 is 43.7 Å². The number of alkyl halides is 3. The fourth-order valence-electron chi connectivity index (χ4n) is 3.17. The van der Waals surface area contributed by atoms with Gasteiger partial charge in [0.15, 0.2) is 24.7 Å². The molecule has 40 heavy (non-hydrogen) atoms. The zero-order valence-electron chi connectivity index (χ0n) is 21.7. The molecule has 0 aliphatic rings. The van der Waals surface area contributed by atoms with Gasteiger partial charge in [-0.15, -0.1) is 0 Å². The maximum atomic E-state index is 12.6. The van der Waals surface area contributed by atoms with Crippen LogP contribution in [0.15, 0.2) is 99.6 Å². The SMILES string of the molecule is CC(C)(C)OCC(COS(=O)(=O)[N-]S(=O)(=O)C(F)(F)F)Oc1ccc([S+](c2ccccc2)c2ccccc2)cc1. The highest BCUT2D eigenvalue weighted by Crippen LogP contribution is 2.33. The van der Waals surface area contributed by atoms with E-state index in [-0.39, 0.29) is 6.61 Å². The minimum Gasteiger partial charge on any atom is -0.486 e. The van der Waals surface area contributed by atoms with Crippen LogP contribution in [0.3, 0.4) is 0 Å². The van der Waals surface area contributed by atoms with Gasteiger partial charge >= 0.3 is 5.51 Å². The van der Waals surface area contributed by atoms with Crippen LogP contribution in [-0.2, 0) is 40.1 Å². The summed E-state index contributed by atoms with van der Waals surface area (Å²) in [5, 5.41) is 0. The maximum Gasteiger partial charge on any atom is 0.480 e. The lowest BCUT2D eigenvalue weighted by molar-refractivity contribution is -0.0505. The van der Waals surface area contributed by atoms with E-state index in [0.717, 1.165) is 14.7 Å². The summed E-state index contributed by atoms with van der Waals surface area (Å²) in [5.41, 5.74) is -6.57. The lowest BCUT2D eigenvalue weighted by Gasteiger charge is -2.26. The minimum absolute atomic E-state index is 0.217. The zero-order chi connectivity index (χ0) is 29.6. The third-order valence-corrected chi connectivity index (χ3v) is 9.67. The van der Waals surface area contributed by atoms with Gasteiger partial charge in [0.2, 0.25) is 10.3 Å². The Labute approximate surface area is 235 Å². The van der Waals surface area contributed by atoms with Gasteiger partial charge in [0, 0.05) is 0 Å². The molecular formula is C26H28F3NO7S3. The Bertz CT molecular complexity index is 1410. The summed E-state index contributed by atoms with van der Waals surface area (Å²) in [7, 11) is -12.2. The quantitative estimate of drug-likeness (QED) is 0.235. The number of ether oxygens (including phenoxy) is 2. The molecule has 3 rings (SSSR count). The van der Waals surface area contributed by atoms with Crippen LogP contribution in [0.5, 0.6) is 5.75 Å². The Morgan fingerprint density at radius 2 is 1.23 bits per heavy atom. The molecule has 1 atom stereocenters.